The van der Waals surface area contributed by atoms with E-state index in [-0.39, 0.29) is 6.10 Å². The molecule has 2 nitrogen and oxygen atoms in total. The van der Waals surface area contributed by atoms with Gasteiger partial charge in [0.25, 0.3) is 0 Å². The average Bonchev–Trinajstić information content (AvgIpc) is 2.54. The maximum atomic E-state index is 9.27. The third kappa shape index (κ3) is 2.05. The van der Waals surface area contributed by atoms with Gasteiger partial charge in [0, 0.05) is 18.3 Å². The Kier molecular flexibility index (Phi) is 2.78. The SMILES string of the molecule is C[C@@H](O)CCc1cc2ccccc2n1C. The van der Waals surface area contributed by atoms with Crippen molar-refractivity contribution in [2.75, 3.05) is 0 Å². The molecule has 2 heteroatoms. The minimum Gasteiger partial charge on any atom is -0.393 e. The van der Waals surface area contributed by atoms with Crippen LogP contribution in [-0.4, -0.2) is 15.8 Å². The highest BCUT2D eigenvalue weighted by atomic mass is 16.3. The van der Waals surface area contributed by atoms with Crippen molar-refractivity contribution < 1.29 is 5.11 Å². The summed E-state index contributed by atoms with van der Waals surface area (Å²) in [6.45, 7) is 1.84. The van der Waals surface area contributed by atoms with Crippen LogP contribution >= 0.6 is 0 Å². The second kappa shape index (κ2) is 4.07. The molecule has 2 rings (SSSR count). The van der Waals surface area contributed by atoms with Crippen molar-refractivity contribution in [1.29, 1.82) is 0 Å². The normalized spacial score (nSPS) is 13.3. The molecule has 0 unspecified atom stereocenters. The Bertz CT molecular complexity index is 457. The standard InChI is InChI=1S/C13H17NO/c1-10(15)7-8-12-9-11-5-3-4-6-13(11)14(12)2/h3-6,9-10,15H,7-8H2,1-2H3/t10-/m1/s1. The van der Waals surface area contributed by atoms with E-state index < -0.39 is 0 Å². The number of aryl methyl sites for hydroxylation is 2. The number of para-hydroxylation sites is 1. The fraction of sp³-hybridized carbons (Fsp3) is 0.385. The van der Waals surface area contributed by atoms with Crippen molar-refractivity contribution in [3.63, 3.8) is 0 Å². The van der Waals surface area contributed by atoms with Crippen LogP contribution in [0.2, 0.25) is 0 Å². The number of nitrogens with zero attached hydrogens (tertiary/aromatic N) is 1. The predicted octanol–water partition coefficient (Wildman–Crippen LogP) is 2.49. The Morgan fingerprint density at radius 2 is 2.07 bits per heavy atom. The van der Waals surface area contributed by atoms with Crippen molar-refractivity contribution in [2.24, 2.45) is 7.05 Å². The van der Waals surface area contributed by atoms with Crippen LogP contribution in [0.3, 0.4) is 0 Å². The predicted molar refractivity (Wildman–Crippen MR) is 62.9 cm³/mol. The summed E-state index contributed by atoms with van der Waals surface area (Å²) < 4.78 is 2.21. The van der Waals surface area contributed by atoms with Crippen molar-refractivity contribution in [3.8, 4) is 0 Å². The number of benzene rings is 1. The molecule has 1 atom stereocenters. The van der Waals surface area contributed by atoms with Gasteiger partial charge in [-0.25, -0.2) is 0 Å². The molecule has 1 aromatic carbocycles. The molecule has 1 N–H and O–H groups in total. The van der Waals surface area contributed by atoms with E-state index in [0.29, 0.717) is 0 Å². The highest BCUT2D eigenvalue weighted by molar-refractivity contribution is 5.81. The number of aliphatic hydroxyl groups is 1. The molecule has 0 saturated carbocycles. The third-order valence-electron chi connectivity index (χ3n) is 2.87. The van der Waals surface area contributed by atoms with Crippen molar-refractivity contribution in [1.82, 2.24) is 4.57 Å². The molecule has 80 valence electrons. The molecule has 0 amide bonds. The smallest absolute Gasteiger partial charge is 0.0515 e. The Labute approximate surface area is 90.2 Å². The van der Waals surface area contributed by atoms with Gasteiger partial charge in [0.2, 0.25) is 0 Å². The van der Waals surface area contributed by atoms with Gasteiger partial charge in [-0.05, 0) is 37.3 Å². The summed E-state index contributed by atoms with van der Waals surface area (Å²) in [6, 6.07) is 10.6. The first-order valence-corrected chi connectivity index (χ1v) is 5.40. The maximum Gasteiger partial charge on any atom is 0.0515 e. The van der Waals surface area contributed by atoms with Gasteiger partial charge in [0.1, 0.15) is 0 Å². The molecule has 2 aromatic rings. The molecule has 0 aliphatic heterocycles. The fourth-order valence-corrected chi connectivity index (χ4v) is 1.94. The average molecular weight is 203 g/mol. The van der Waals surface area contributed by atoms with E-state index in [1.165, 1.54) is 16.6 Å². The van der Waals surface area contributed by atoms with E-state index in [9.17, 15) is 5.11 Å². The van der Waals surface area contributed by atoms with Gasteiger partial charge in [0.05, 0.1) is 6.10 Å². The van der Waals surface area contributed by atoms with Gasteiger partial charge in [-0.15, -0.1) is 0 Å². The Morgan fingerprint density at radius 3 is 2.73 bits per heavy atom. The molecule has 0 spiro atoms. The topological polar surface area (TPSA) is 25.2 Å². The van der Waals surface area contributed by atoms with Crippen molar-refractivity contribution in [2.45, 2.75) is 25.9 Å². The highest BCUT2D eigenvalue weighted by Gasteiger charge is 2.05. The van der Waals surface area contributed by atoms with Gasteiger partial charge in [-0.3, -0.25) is 0 Å². The van der Waals surface area contributed by atoms with E-state index in [2.05, 4.69) is 41.9 Å². The molecular weight excluding hydrogens is 186 g/mol. The lowest BCUT2D eigenvalue weighted by atomic mass is 10.1. The summed E-state index contributed by atoms with van der Waals surface area (Å²) in [5, 5.41) is 10.5. The number of aromatic nitrogens is 1. The van der Waals surface area contributed by atoms with Crippen LogP contribution in [0, 0.1) is 0 Å². The first kappa shape index (κ1) is 10.2. The van der Waals surface area contributed by atoms with E-state index in [1.54, 1.807) is 0 Å². The Morgan fingerprint density at radius 1 is 1.33 bits per heavy atom. The zero-order valence-corrected chi connectivity index (χ0v) is 9.27. The van der Waals surface area contributed by atoms with E-state index in [4.69, 9.17) is 0 Å². The second-order valence-corrected chi connectivity index (χ2v) is 4.14. The molecule has 0 saturated heterocycles. The molecule has 15 heavy (non-hydrogen) atoms. The number of hydrogen-bond donors (Lipinski definition) is 1. The largest absolute Gasteiger partial charge is 0.393 e. The summed E-state index contributed by atoms with van der Waals surface area (Å²) in [4.78, 5) is 0. The number of fused-ring (bicyclic) bond motifs is 1. The first-order valence-electron chi connectivity index (χ1n) is 5.40. The van der Waals surface area contributed by atoms with Crippen LogP contribution in [0.25, 0.3) is 10.9 Å². The maximum absolute atomic E-state index is 9.27. The first-order chi connectivity index (χ1) is 7.18. The lowest BCUT2D eigenvalue weighted by Gasteiger charge is -2.05. The quantitative estimate of drug-likeness (QED) is 0.814. The van der Waals surface area contributed by atoms with E-state index in [1.807, 2.05) is 6.92 Å². The van der Waals surface area contributed by atoms with Crippen LogP contribution in [0.15, 0.2) is 30.3 Å². The molecule has 1 aromatic heterocycles. The van der Waals surface area contributed by atoms with Crippen LogP contribution in [0.5, 0.6) is 0 Å². The zero-order valence-electron chi connectivity index (χ0n) is 9.27. The lowest BCUT2D eigenvalue weighted by molar-refractivity contribution is 0.184. The fourth-order valence-electron chi connectivity index (χ4n) is 1.94. The number of rotatable bonds is 3. The van der Waals surface area contributed by atoms with Gasteiger partial charge < -0.3 is 9.67 Å². The van der Waals surface area contributed by atoms with Crippen LogP contribution in [0.4, 0.5) is 0 Å². The zero-order chi connectivity index (χ0) is 10.8. The van der Waals surface area contributed by atoms with Crippen LogP contribution in [-0.2, 0) is 13.5 Å². The minimum atomic E-state index is -0.219. The summed E-state index contributed by atoms with van der Waals surface area (Å²) in [6.07, 6.45) is 1.54. The third-order valence-corrected chi connectivity index (χ3v) is 2.87. The van der Waals surface area contributed by atoms with Gasteiger partial charge in [0.15, 0.2) is 0 Å². The summed E-state index contributed by atoms with van der Waals surface area (Å²) in [5.41, 5.74) is 2.55. The van der Waals surface area contributed by atoms with Crippen LogP contribution < -0.4 is 0 Å². The molecule has 0 aliphatic carbocycles. The summed E-state index contributed by atoms with van der Waals surface area (Å²) in [5.74, 6) is 0. The molecule has 1 heterocycles. The van der Waals surface area contributed by atoms with Gasteiger partial charge in [-0.2, -0.15) is 0 Å². The molecule has 0 radical (unpaired) electrons. The van der Waals surface area contributed by atoms with Crippen LogP contribution in [0.1, 0.15) is 19.0 Å². The van der Waals surface area contributed by atoms with Gasteiger partial charge >= 0.3 is 0 Å². The second-order valence-electron chi connectivity index (χ2n) is 4.14. The minimum absolute atomic E-state index is 0.219. The molecule has 0 fully saturated rings. The van der Waals surface area contributed by atoms with Crippen molar-refractivity contribution >= 4 is 10.9 Å². The Hall–Kier alpha value is -1.28. The molecule has 0 aliphatic rings. The monoisotopic (exact) mass is 203 g/mol. The van der Waals surface area contributed by atoms with Crippen molar-refractivity contribution in [3.05, 3.63) is 36.0 Å². The Balaban J connectivity index is 2.32. The lowest BCUT2D eigenvalue weighted by Crippen LogP contribution is -2.04. The number of aliphatic hydroxyl groups excluding tert-OH is 1. The number of hydrogen-bond acceptors (Lipinski definition) is 1. The van der Waals surface area contributed by atoms with Gasteiger partial charge in [-0.1, -0.05) is 18.2 Å². The molecular formula is C13H17NO. The summed E-state index contributed by atoms with van der Waals surface area (Å²) >= 11 is 0. The van der Waals surface area contributed by atoms with E-state index >= 15 is 0 Å². The molecule has 0 bridgehead atoms. The summed E-state index contributed by atoms with van der Waals surface area (Å²) in [7, 11) is 2.08. The highest BCUT2D eigenvalue weighted by Crippen LogP contribution is 2.19. The van der Waals surface area contributed by atoms with E-state index in [0.717, 1.165) is 12.8 Å².